The van der Waals surface area contributed by atoms with E-state index in [4.69, 9.17) is 0 Å². The molecule has 31 heavy (non-hydrogen) atoms. The van der Waals surface area contributed by atoms with E-state index in [0.717, 1.165) is 14.0 Å². The van der Waals surface area contributed by atoms with Crippen molar-refractivity contribution >= 4 is 55.3 Å². The first-order valence-corrected chi connectivity index (χ1v) is 12.6. The van der Waals surface area contributed by atoms with Gasteiger partial charge in [0.1, 0.15) is 0 Å². The van der Waals surface area contributed by atoms with Crippen molar-refractivity contribution in [2.24, 2.45) is 0 Å². The summed E-state index contributed by atoms with van der Waals surface area (Å²) in [5.41, 5.74) is 2.55. The molecule has 0 amide bonds. The summed E-state index contributed by atoms with van der Waals surface area (Å²) in [6.45, 7) is 0. The second-order valence-corrected chi connectivity index (χ2v) is 10.5. The molecule has 0 bridgehead atoms. The van der Waals surface area contributed by atoms with E-state index in [9.17, 15) is 8.42 Å². The minimum absolute atomic E-state index is 0.211. The third-order valence-corrected chi connectivity index (χ3v) is 7.52. The predicted molar refractivity (Wildman–Crippen MR) is 129 cm³/mol. The fourth-order valence-corrected chi connectivity index (χ4v) is 5.17. The largest absolute Gasteiger partial charge is 0.280 e. The van der Waals surface area contributed by atoms with Gasteiger partial charge in [-0.25, -0.2) is 8.42 Å². The number of halogens is 1. The summed E-state index contributed by atoms with van der Waals surface area (Å²) in [7, 11) is -3.69. The highest BCUT2D eigenvalue weighted by Crippen LogP contribution is 2.26. The van der Waals surface area contributed by atoms with E-state index in [1.807, 2.05) is 35.7 Å². The molecule has 10 heteroatoms. The van der Waals surface area contributed by atoms with Crippen LogP contribution in [-0.2, 0) is 10.0 Å². The maximum atomic E-state index is 12.7. The van der Waals surface area contributed by atoms with E-state index in [1.165, 1.54) is 0 Å². The lowest BCUT2D eigenvalue weighted by atomic mass is 10.1. The highest BCUT2D eigenvalue weighted by molar-refractivity contribution is 14.1. The molecule has 0 atom stereocenters. The Bertz CT molecular complexity index is 1480. The van der Waals surface area contributed by atoms with Gasteiger partial charge < -0.3 is 0 Å². The third kappa shape index (κ3) is 4.05. The van der Waals surface area contributed by atoms with Gasteiger partial charge in [-0.1, -0.05) is 18.2 Å². The van der Waals surface area contributed by atoms with Crippen LogP contribution in [0.25, 0.3) is 27.6 Å². The molecule has 0 aliphatic rings. The van der Waals surface area contributed by atoms with E-state index in [1.54, 1.807) is 58.3 Å². The number of fused-ring (bicyclic) bond motifs is 1. The smallest absolute Gasteiger partial charge is 0.261 e. The number of anilines is 1. The van der Waals surface area contributed by atoms with Crippen LogP contribution in [0, 0.1) is 3.57 Å². The van der Waals surface area contributed by atoms with Crippen molar-refractivity contribution in [1.82, 2.24) is 19.8 Å². The Kier molecular flexibility index (Phi) is 5.20. The lowest BCUT2D eigenvalue weighted by Crippen LogP contribution is -2.12. The Morgan fingerprint density at radius 2 is 1.77 bits per heavy atom. The average molecular weight is 559 g/mol. The minimum Gasteiger partial charge on any atom is -0.280 e. The predicted octanol–water partition coefficient (Wildman–Crippen LogP) is 4.93. The van der Waals surface area contributed by atoms with Gasteiger partial charge in [-0.2, -0.15) is 9.61 Å². The Morgan fingerprint density at radius 1 is 0.935 bits per heavy atom. The molecule has 0 radical (unpaired) electrons. The van der Waals surface area contributed by atoms with Gasteiger partial charge in [0, 0.05) is 14.8 Å². The Morgan fingerprint density at radius 3 is 2.55 bits per heavy atom. The van der Waals surface area contributed by atoms with Gasteiger partial charge in [0.15, 0.2) is 11.5 Å². The Balaban J connectivity index is 1.49. The van der Waals surface area contributed by atoms with Gasteiger partial charge in [0.2, 0.25) is 0 Å². The quantitative estimate of drug-likeness (QED) is 0.309. The maximum absolute atomic E-state index is 12.7. The molecular formula is C21H14IN5O2S2. The van der Waals surface area contributed by atoms with Crippen molar-refractivity contribution < 1.29 is 8.42 Å². The number of nitrogens with zero attached hydrogens (tertiary/aromatic N) is 4. The van der Waals surface area contributed by atoms with Crippen molar-refractivity contribution in [1.29, 1.82) is 0 Å². The Hall–Kier alpha value is -2.83. The molecular weight excluding hydrogens is 545 g/mol. The molecule has 3 heterocycles. The molecule has 0 fully saturated rings. The van der Waals surface area contributed by atoms with E-state index >= 15 is 0 Å². The summed E-state index contributed by atoms with van der Waals surface area (Å²) in [5.74, 6) is 0.669. The number of hydrogen-bond acceptors (Lipinski definition) is 6. The highest BCUT2D eigenvalue weighted by atomic mass is 127. The number of thiophene rings is 1. The van der Waals surface area contributed by atoms with Crippen molar-refractivity contribution in [3.63, 3.8) is 0 Å². The molecule has 0 aliphatic carbocycles. The topological polar surface area (TPSA) is 89.2 Å². The summed E-state index contributed by atoms with van der Waals surface area (Å²) in [6.07, 6.45) is 0. The lowest BCUT2D eigenvalue weighted by Gasteiger charge is -2.10. The summed E-state index contributed by atoms with van der Waals surface area (Å²) < 4.78 is 30.8. The fourth-order valence-electron chi connectivity index (χ4n) is 3.07. The molecule has 0 spiro atoms. The van der Waals surface area contributed by atoms with Gasteiger partial charge in [0.05, 0.1) is 15.5 Å². The van der Waals surface area contributed by atoms with Crippen LogP contribution in [0.5, 0.6) is 0 Å². The molecule has 154 valence electrons. The van der Waals surface area contributed by atoms with Crippen LogP contribution in [0.4, 0.5) is 5.69 Å². The summed E-state index contributed by atoms with van der Waals surface area (Å²) in [6, 6.07) is 21.4. The first-order valence-electron chi connectivity index (χ1n) is 9.15. The van der Waals surface area contributed by atoms with Crippen LogP contribution in [0.1, 0.15) is 0 Å². The summed E-state index contributed by atoms with van der Waals surface area (Å²) in [5, 5.41) is 15.1. The van der Waals surface area contributed by atoms with Crippen molar-refractivity contribution in [2.75, 3.05) is 4.72 Å². The number of benzene rings is 2. The van der Waals surface area contributed by atoms with Gasteiger partial charge in [0.25, 0.3) is 10.0 Å². The van der Waals surface area contributed by atoms with Crippen LogP contribution in [0.15, 0.2) is 83.1 Å². The number of sulfonamides is 1. The fraction of sp³-hybridized carbons (Fsp3) is 0. The van der Waals surface area contributed by atoms with E-state index in [-0.39, 0.29) is 4.90 Å². The molecule has 0 aliphatic heterocycles. The summed E-state index contributed by atoms with van der Waals surface area (Å²) >= 11 is 3.70. The molecule has 0 saturated heterocycles. The van der Waals surface area contributed by atoms with E-state index in [2.05, 4.69) is 42.6 Å². The van der Waals surface area contributed by atoms with Crippen molar-refractivity contribution in [2.45, 2.75) is 4.90 Å². The first kappa shape index (κ1) is 20.1. The van der Waals surface area contributed by atoms with Crippen LogP contribution in [0.2, 0.25) is 0 Å². The van der Waals surface area contributed by atoms with Crippen molar-refractivity contribution in [3.8, 4) is 22.0 Å². The zero-order valence-electron chi connectivity index (χ0n) is 15.8. The Labute approximate surface area is 196 Å². The minimum atomic E-state index is -3.69. The number of aromatic nitrogens is 4. The molecule has 1 N–H and O–H groups in total. The average Bonchev–Trinajstić information content (AvgIpc) is 3.43. The lowest BCUT2D eigenvalue weighted by molar-refractivity contribution is 0.601. The molecule has 3 aromatic heterocycles. The maximum Gasteiger partial charge on any atom is 0.261 e. The normalized spacial score (nSPS) is 11.6. The molecule has 5 aromatic rings. The van der Waals surface area contributed by atoms with Crippen LogP contribution in [0.3, 0.4) is 0 Å². The highest BCUT2D eigenvalue weighted by Gasteiger charge is 2.15. The van der Waals surface area contributed by atoms with Crippen LogP contribution in [-0.4, -0.2) is 28.2 Å². The number of hydrogen-bond donors (Lipinski definition) is 1. The van der Waals surface area contributed by atoms with Gasteiger partial charge >= 0.3 is 0 Å². The zero-order chi connectivity index (χ0) is 21.4. The van der Waals surface area contributed by atoms with Crippen LogP contribution >= 0.6 is 33.9 Å². The summed E-state index contributed by atoms with van der Waals surface area (Å²) in [4.78, 5) is 1.18. The molecule has 5 rings (SSSR count). The molecule has 0 saturated carbocycles. The first-order chi connectivity index (χ1) is 15.0. The number of nitrogens with one attached hydrogen (secondary N) is 1. The van der Waals surface area contributed by atoms with E-state index in [0.29, 0.717) is 22.9 Å². The second-order valence-electron chi connectivity index (χ2n) is 6.63. The van der Waals surface area contributed by atoms with Crippen LogP contribution < -0.4 is 4.72 Å². The molecule has 0 unspecified atom stereocenters. The van der Waals surface area contributed by atoms with Gasteiger partial charge in [-0.15, -0.1) is 21.5 Å². The standard InChI is InChI=1S/C21H14IN5O2S2/c22-15-6-8-17(9-7-15)31(28,29)26-16-4-1-3-14(13-16)18-10-11-20-23-24-21(27(20)25-18)19-5-2-12-30-19/h1-13,26H. The monoisotopic (exact) mass is 559 g/mol. The molecule has 2 aromatic carbocycles. The molecule has 7 nitrogen and oxygen atoms in total. The number of rotatable bonds is 5. The van der Waals surface area contributed by atoms with Gasteiger partial charge in [-0.3, -0.25) is 4.72 Å². The third-order valence-electron chi connectivity index (χ3n) is 4.54. The second kappa shape index (κ2) is 8.02. The zero-order valence-corrected chi connectivity index (χ0v) is 19.6. The van der Waals surface area contributed by atoms with E-state index < -0.39 is 10.0 Å². The van der Waals surface area contributed by atoms with Gasteiger partial charge in [-0.05, 0) is 82.6 Å². The SMILES string of the molecule is O=S(=O)(Nc1cccc(-c2ccc3nnc(-c4cccs4)n3n2)c1)c1ccc(I)cc1. The van der Waals surface area contributed by atoms with Crippen molar-refractivity contribution in [3.05, 3.63) is 81.7 Å².